The monoisotopic (exact) mass is 384 g/mol. The molecule has 1 atom stereocenters. The minimum absolute atomic E-state index is 0.0233. The Morgan fingerprint density at radius 2 is 1.79 bits per heavy atom. The summed E-state index contributed by atoms with van der Waals surface area (Å²) >= 11 is 0. The average Bonchev–Trinajstić information content (AvgIpc) is 3.21. The largest absolute Gasteiger partial charge is 0.497 e. The molecule has 1 unspecified atom stereocenters. The fraction of sp³-hybridized carbons (Fsp3) is 0.409. The maximum atomic E-state index is 12.3. The predicted octanol–water partition coefficient (Wildman–Crippen LogP) is 2.90. The first kappa shape index (κ1) is 19.9. The second-order valence-electron chi connectivity index (χ2n) is 6.97. The summed E-state index contributed by atoms with van der Waals surface area (Å²) in [5.41, 5.74) is 2.10. The highest BCUT2D eigenvalue weighted by atomic mass is 16.5. The Kier molecular flexibility index (Phi) is 6.63. The van der Waals surface area contributed by atoms with Gasteiger partial charge in [0.1, 0.15) is 5.75 Å². The highest BCUT2D eigenvalue weighted by Gasteiger charge is 2.23. The summed E-state index contributed by atoms with van der Waals surface area (Å²) in [6, 6.07) is 13.7. The van der Waals surface area contributed by atoms with Crippen LogP contribution in [0.2, 0.25) is 0 Å². The first-order chi connectivity index (χ1) is 13.6. The van der Waals surface area contributed by atoms with Crippen molar-refractivity contribution < 1.29 is 19.0 Å². The van der Waals surface area contributed by atoms with E-state index in [0.29, 0.717) is 30.4 Å². The van der Waals surface area contributed by atoms with E-state index in [2.05, 4.69) is 22.3 Å². The number of amides is 1. The van der Waals surface area contributed by atoms with Crippen molar-refractivity contribution in [2.24, 2.45) is 5.92 Å². The van der Waals surface area contributed by atoms with Gasteiger partial charge in [-0.05, 0) is 54.3 Å². The summed E-state index contributed by atoms with van der Waals surface area (Å²) in [5, 5.41) is 3.07. The Balaban J connectivity index is 1.47. The molecule has 0 spiro atoms. The van der Waals surface area contributed by atoms with Crippen LogP contribution in [-0.2, 0) is 11.2 Å². The number of rotatable bonds is 8. The molecule has 1 aliphatic rings. The lowest BCUT2D eigenvalue weighted by atomic mass is 10.1. The number of nitrogens with one attached hydrogen (secondary N) is 1. The van der Waals surface area contributed by atoms with Gasteiger partial charge in [-0.15, -0.1) is 0 Å². The van der Waals surface area contributed by atoms with Crippen LogP contribution in [0, 0.1) is 5.92 Å². The van der Waals surface area contributed by atoms with Gasteiger partial charge in [0.2, 0.25) is 5.91 Å². The third kappa shape index (κ3) is 4.88. The molecule has 0 saturated carbocycles. The van der Waals surface area contributed by atoms with E-state index in [0.717, 1.165) is 30.8 Å². The van der Waals surface area contributed by atoms with Crippen LogP contribution in [-0.4, -0.2) is 46.9 Å². The summed E-state index contributed by atoms with van der Waals surface area (Å²) in [5.74, 6) is 2.64. The van der Waals surface area contributed by atoms with E-state index in [-0.39, 0.29) is 5.91 Å². The van der Waals surface area contributed by atoms with Crippen LogP contribution in [0.15, 0.2) is 42.5 Å². The summed E-state index contributed by atoms with van der Waals surface area (Å²) in [4.78, 5) is 14.7. The number of hydrogen-bond donors (Lipinski definition) is 1. The molecule has 6 nitrogen and oxygen atoms in total. The van der Waals surface area contributed by atoms with Gasteiger partial charge in [0.15, 0.2) is 11.5 Å². The molecule has 1 fully saturated rings. The molecule has 0 aromatic heterocycles. The molecule has 1 N–H and O–H groups in total. The van der Waals surface area contributed by atoms with Gasteiger partial charge >= 0.3 is 0 Å². The van der Waals surface area contributed by atoms with Crippen LogP contribution in [0.25, 0.3) is 0 Å². The van der Waals surface area contributed by atoms with Gasteiger partial charge in [0.25, 0.3) is 0 Å². The molecule has 1 amide bonds. The van der Waals surface area contributed by atoms with Crippen molar-refractivity contribution in [3.63, 3.8) is 0 Å². The molecular formula is C22H28N2O4. The molecular weight excluding hydrogens is 356 g/mol. The van der Waals surface area contributed by atoms with Crippen molar-refractivity contribution in [1.29, 1.82) is 0 Å². The Labute approximate surface area is 166 Å². The van der Waals surface area contributed by atoms with Gasteiger partial charge < -0.3 is 24.4 Å². The smallest absolute Gasteiger partial charge is 0.224 e. The zero-order valence-electron chi connectivity index (χ0n) is 16.7. The average molecular weight is 384 g/mol. The molecule has 28 heavy (non-hydrogen) atoms. The molecule has 2 aromatic rings. The minimum atomic E-state index is 0.0233. The zero-order chi connectivity index (χ0) is 19.9. The lowest BCUT2D eigenvalue weighted by Crippen LogP contribution is -2.32. The number of benzene rings is 2. The van der Waals surface area contributed by atoms with Crippen molar-refractivity contribution >= 4 is 11.6 Å². The summed E-state index contributed by atoms with van der Waals surface area (Å²) in [7, 11) is 4.86. The number of carbonyl (C=O) groups is 1. The van der Waals surface area contributed by atoms with E-state index in [1.807, 2.05) is 30.3 Å². The first-order valence-electron chi connectivity index (χ1n) is 9.49. The van der Waals surface area contributed by atoms with Crippen LogP contribution in [0.4, 0.5) is 5.69 Å². The molecule has 1 saturated heterocycles. The van der Waals surface area contributed by atoms with Crippen molar-refractivity contribution in [3.05, 3.63) is 48.0 Å². The molecule has 0 radical (unpaired) electrons. The lowest BCUT2D eigenvalue weighted by molar-refractivity contribution is -0.120. The number of ether oxygens (including phenoxy) is 3. The number of anilines is 1. The van der Waals surface area contributed by atoms with E-state index in [9.17, 15) is 4.79 Å². The van der Waals surface area contributed by atoms with Gasteiger partial charge in [-0.25, -0.2) is 0 Å². The van der Waals surface area contributed by atoms with Crippen molar-refractivity contribution in [2.45, 2.75) is 12.8 Å². The van der Waals surface area contributed by atoms with Gasteiger partial charge in [0, 0.05) is 25.3 Å². The predicted molar refractivity (Wildman–Crippen MR) is 110 cm³/mol. The lowest BCUT2D eigenvalue weighted by Gasteiger charge is -2.19. The Morgan fingerprint density at radius 1 is 1.04 bits per heavy atom. The fourth-order valence-corrected chi connectivity index (χ4v) is 3.52. The van der Waals surface area contributed by atoms with Crippen LogP contribution in [0.1, 0.15) is 12.0 Å². The SMILES string of the molecule is COc1ccc(N2CCC(CNC(=O)Cc3ccc(OC)c(OC)c3)C2)cc1. The second-order valence-corrected chi connectivity index (χ2v) is 6.97. The third-order valence-electron chi connectivity index (χ3n) is 5.12. The Bertz CT molecular complexity index is 792. The number of hydrogen-bond acceptors (Lipinski definition) is 5. The molecule has 150 valence electrons. The number of methoxy groups -OCH3 is 3. The Morgan fingerprint density at radius 3 is 2.46 bits per heavy atom. The minimum Gasteiger partial charge on any atom is -0.497 e. The number of carbonyl (C=O) groups excluding carboxylic acids is 1. The van der Waals surface area contributed by atoms with Crippen LogP contribution >= 0.6 is 0 Å². The van der Waals surface area contributed by atoms with E-state index >= 15 is 0 Å². The molecule has 3 rings (SSSR count). The maximum absolute atomic E-state index is 12.3. The standard InChI is InChI=1S/C22H28N2O4/c1-26-19-7-5-18(6-8-19)24-11-10-17(15-24)14-23-22(25)13-16-4-9-20(27-2)21(12-16)28-3/h4-9,12,17H,10-11,13-15H2,1-3H3,(H,23,25). The topological polar surface area (TPSA) is 60.0 Å². The second kappa shape index (κ2) is 9.35. The molecule has 2 aromatic carbocycles. The van der Waals surface area contributed by atoms with Gasteiger partial charge in [0.05, 0.1) is 27.8 Å². The zero-order valence-corrected chi connectivity index (χ0v) is 16.7. The first-order valence-corrected chi connectivity index (χ1v) is 9.49. The highest BCUT2D eigenvalue weighted by Crippen LogP contribution is 2.28. The van der Waals surface area contributed by atoms with Gasteiger partial charge in [-0.3, -0.25) is 4.79 Å². The fourth-order valence-electron chi connectivity index (χ4n) is 3.52. The van der Waals surface area contributed by atoms with Gasteiger partial charge in [-0.1, -0.05) is 6.07 Å². The molecule has 0 bridgehead atoms. The van der Waals surface area contributed by atoms with Crippen LogP contribution < -0.4 is 24.4 Å². The van der Waals surface area contributed by atoms with E-state index in [1.165, 1.54) is 5.69 Å². The molecule has 1 heterocycles. The van der Waals surface area contributed by atoms with Crippen LogP contribution in [0.5, 0.6) is 17.2 Å². The van der Waals surface area contributed by atoms with E-state index in [1.54, 1.807) is 21.3 Å². The normalized spacial score (nSPS) is 16.0. The molecule has 1 aliphatic heterocycles. The summed E-state index contributed by atoms with van der Waals surface area (Å²) < 4.78 is 15.7. The molecule has 0 aliphatic carbocycles. The maximum Gasteiger partial charge on any atom is 0.224 e. The number of nitrogens with zero attached hydrogens (tertiary/aromatic N) is 1. The van der Waals surface area contributed by atoms with E-state index < -0.39 is 0 Å². The molecule has 6 heteroatoms. The van der Waals surface area contributed by atoms with Crippen molar-refractivity contribution in [1.82, 2.24) is 5.32 Å². The summed E-state index contributed by atoms with van der Waals surface area (Å²) in [6.07, 6.45) is 1.40. The quantitative estimate of drug-likeness (QED) is 0.758. The van der Waals surface area contributed by atoms with Crippen LogP contribution in [0.3, 0.4) is 0 Å². The van der Waals surface area contributed by atoms with E-state index in [4.69, 9.17) is 14.2 Å². The third-order valence-corrected chi connectivity index (χ3v) is 5.12. The Hall–Kier alpha value is -2.89. The van der Waals surface area contributed by atoms with Crippen molar-refractivity contribution in [3.8, 4) is 17.2 Å². The highest BCUT2D eigenvalue weighted by molar-refractivity contribution is 5.78. The van der Waals surface area contributed by atoms with Crippen molar-refractivity contribution in [2.75, 3.05) is 45.9 Å². The summed E-state index contributed by atoms with van der Waals surface area (Å²) in [6.45, 7) is 2.64. The van der Waals surface area contributed by atoms with Gasteiger partial charge in [-0.2, -0.15) is 0 Å².